The summed E-state index contributed by atoms with van der Waals surface area (Å²) >= 11 is 0. The second-order valence-electron chi connectivity index (χ2n) is 6.41. The van der Waals surface area contributed by atoms with E-state index in [-0.39, 0.29) is 0 Å². The van der Waals surface area contributed by atoms with Crippen molar-refractivity contribution in [1.82, 2.24) is 5.32 Å². The number of allylic oxidation sites excluding steroid dienone is 1. The minimum atomic E-state index is 0.746. The second kappa shape index (κ2) is 7.33. The fourth-order valence-electron chi connectivity index (χ4n) is 4.34. The maximum absolute atomic E-state index is 3.88. The summed E-state index contributed by atoms with van der Waals surface area (Å²) in [6.45, 7) is 7.24. The molecular weight excluding hydrogens is 218 g/mol. The molecule has 1 N–H and O–H groups in total. The molecular formula is C17H31N. The average molecular weight is 249 g/mol. The number of fused-ring (bicyclic) bond motifs is 1. The van der Waals surface area contributed by atoms with Gasteiger partial charge in [0.1, 0.15) is 0 Å². The van der Waals surface area contributed by atoms with Crippen LogP contribution in [-0.2, 0) is 0 Å². The van der Waals surface area contributed by atoms with Crippen LogP contribution in [0, 0.1) is 17.8 Å². The first-order valence-corrected chi connectivity index (χ1v) is 8.19. The van der Waals surface area contributed by atoms with E-state index >= 15 is 0 Å². The van der Waals surface area contributed by atoms with Gasteiger partial charge in [0.05, 0.1) is 0 Å². The van der Waals surface area contributed by atoms with Gasteiger partial charge in [-0.1, -0.05) is 38.7 Å². The van der Waals surface area contributed by atoms with E-state index in [1.54, 1.807) is 0 Å². The molecule has 2 rings (SSSR count). The van der Waals surface area contributed by atoms with Gasteiger partial charge in [0.2, 0.25) is 0 Å². The molecule has 18 heavy (non-hydrogen) atoms. The Hall–Kier alpha value is -0.300. The Kier molecular flexibility index (Phi) is 5.75. The molecule has 4 unspecified atom stereocenters. The highest BCUT2D eigenvalue weighted by atomic mass is 14.9. The monoisotopic (exact) mass is 249 g/mol. The van der Waals surface area contributed by atoms with Gasteiger partial charge in [-0.05, 0) is 56.4 Å². The third kappa shape index (κ3) is 3.60. The van der Waals surface area contributed by atoms with Gasteiger partial charge in [-0.2, -0.15) is 0 Å². The highest BCUT2D eigenvalue weighted by Gasteiger charge is 2.34. The molecule has 2 fully saturated rings. The normalized spacial score (nSPS) is 33.7. The van der Waals surface area contributed by atoms with Gasteiger partial charge in [-0.15, -0.1) is 6.58 Å². The maximum Gasteiger partial charge on any atom is 0.00982 e. The lowest BCUT2D eigenvalue weighted by Gasteiger charge is -2.42. The number of hydrogen-bond acceptors (Lipinski definition) is 1. The highest BCUT2D eigenvalue weighted by molar-refractivity contribution is 4.89. The van der Waals surface area contributed by atoms with Gasteiger partial charge >= 0.3 is 0 Å². The quantitative estimate of drug-likeness (QED) is 0.682. The van der Waals surface area contributed by atoms with Gasteiger partial charge in [0.25, 0.3) is 0 Å². The van der Waals surface area contributed by atoms with Crippen LogP contribution in [0.2, 0.25) is 0 Å². The number of hydrogen-bond donors (Lipinski definition) is 1. The largest absolute Gasteiger partial charge is 0.314 e. The van der Waals surface area contributed by atoms with Gasteiger partial charge < -0.3 is 5.32 Å². The van der Waals surface area contributed by atoms with E-state index in [1.165, 1.54) is 57.8 Å². The molecule has 0 saturated heterocycles. The predicted molar refractivity (Wildman–Crippen MR) is 79.7 cm³/mol. The minimum absolute atomic E-state index is 0.746. The van der Waals surface area contributed by atoms with Crippen molar-refractivity contribution in [1.29, 1.82) is 0 Å². The summed E-state index contributed by atoms with van der Waals surface area (Å²) in [6, 6.07) is 0.746. The SMILES string of the molecule is C=CCCC(NCC)C1CCC2CCCCC2C1. The summed E-state index contributed by atoms with van der Waals surface area (Å²) in [5, 5.41) is 3.73. The van der Waals surface area contributed by atoms with E-state index in [4.69, 9.17) is 0 Å². The first kappa shape index (κ1) is 14.1. The van der Waals surface area contributed by atoms with Crippen molar-refractivity contribution in [3.05, 3.63) is 12.7 Å². The molecule has 0 aromatic heterocycles. The zero-order valence-electron chi connectivity index (χ0n) is 12.2. The Bertz CT molecular complexity index is 248. The molecule has 0 amide bonds. The Labute approximate surface area is 113 Å². The summed E-state index contributed by atoms with van der Waals surface area (Å²) < 4.78 is 0. The lowest BCUT2D eigenvalue weighted by Crippen LogP contribution is -2.40. The predicted octanol–water partition coefficient (Wildman–Crippen LogP) is 4.54. The zero-order chi connectivity index (χ0) is 12.8. The van der Waals surface area contributed by atoms with Crippen molar-refractivity contribution in [2.45, 2.75) is 70.8 Å². The molecule has 0 spiro atoms. The van der Waals surface area contributed by atoms with Crippen LogP contribution < -0.4 is 5.32 Å². The lowest BCUT2D eigenvalue weighted by atomic mass is 9.66. The third-order valence-electron chi connectivity index (χ3n) is 5.30. The molecule has 0 aromatic rings. The third-order valence-corrected chi connectivity index (χ3v) is 5.30. The molecule has 0 aromatic carbocycles. The van der Waals surface area contributed by atoms with E-state index in [0.29, 0.717) is 0 Å². The summed E-state index contributed by atoms with van der Waals surface area (Å²) in [5.41, 5.74) is 0. The van der Waals surface area contributed by atoms with Crippen molar-refractivity contribution in [3.8, 4) is 0 Å². The highest BCUT2D eigenvalue weighted by Crippen LogP contribution is 2.43. The lowest BCUT2D eigenvalue weighted by molar-refractivity contribution is 0.108. The van der Waals surface area contributed by atoms with Crippen LogP contribution in [0.1, 0.15) is 64.7 Å². The first-order valence-electron chi connectivity index (χ1n) is 8.19. The number of rotatable bonds is 6. The van der Waals surface area contributed by atoms with Crippen LogP contribution >= 0.6 is 0 Å². The number of nitrogens with one attached hydrogen (secondary N) is 1. The zero-order valence-corrected chi connectivity index (χ0v) is 12.2. The Morgan fingerprint density at radius 1 is 1.17 bits per heavy atom. The maximum atomic E-state index is 3.88. The van der Waals surface area contributed by atoms with Crippen LogP contribution in [0.4, 0.5) is 0 Å². The summed E-state index contributed by atoms with van der Waals surface area (Å²) in [5.74, 6) is 3.07. The molecule has 0 radical (unpaired) electrons. The summed E-state index contributed by atoms with van der Waals surface area (Å²) in [4.78, 5) is 0. The molecule has 2 aliphatic rings. The fraction of sp³-hybridized carbons (Fsp3) is 0.882. The van der Waals surface area contributed by atoms with Gasteiger partial charge in [-0.25, -0.2) is 0 Å². The van der Waals surface area contributed by atoms with E-state index in [2.05, 4.69) is 24.9 Å². The summed E-state index contributed by atoms with van der Waals surface area (Å²) in [6.07, 6.45) is 15.0. The van der Waals surface area contributed by atoms with Crippen LogP contribution in [-0.4, -0.2) is 12.6 Å². The molecule has 2 saturated carbocycles. The van der Waals surface area contributed by atoms with E-state index in [0.717, 1.165) is 30.3 Å². The standard InChI is InChI=1S/C17H31N/c1-3-5-10-17(18-4-2)16-12-11-14-8-6-7-9-15(14)13-16/h3,14-18H,1,4-13H2,2H3. The van der Waals surface area contributed by atoms with Crippen LogP contribution in [0.5, 0.6) is 0 Å². The molecule has 1 nitrogen and oxygen atoms in total. The van der Waals surface area contributed by atoms with Crippen molar-refractivity contribution < 1.29 is 0 Å². The molecule has 1 heteroatoms. The van der Waals surface area contributed by atoms with Crippen molar-refractivity contribution in [2.24, 2.45) is 17.8 Å². The summed E-state index contributed by atoms with van der Waals surface area (Å²) in [7, 11) is 0. The molecule has 0 aliphatic heterocycles. The Morgan fingerprint density at radius 2 is 1.94 bits per heavy atom. The molecule has 4 atom stereocenters. The molecule has 0 heterocycles. The fourth-order valence-corrected chi connectivity index (χ4v) is 4.34. The van der Waals surface area contributed by atoms with Crippen LogP contribution in [0.25, 0.3) is 0 Å². The Morgan fingerprint density at radius 3 is 2.67 bits per heavy atom. The Balaban J connectivity index is 1.87. The molecule has 2 aliphatic carbocycles. The topological polar surface area (TPSA) is 12.0 Å². The van der Waals surface area contributed by atoms with Gasteiger partial charge in [-0.3, -0.25) is 0 Å². The minimum Gasteiger partial charge on any atom is -0.314 e. The average Bonchev–Trinajstić information content (AvgIpc) is 2.43. The van der Waals surface area contributed by atoms with E-state index in [1.807, 2.05) is 0 Å². The molecule has 104 valence electrons. The molecule has 0 bridgehead atoms. The van der Waals surface area contributed by atoms with Crippen molar-refractivity contribution in [2.75, 3.05) is 6.54 Å². The van der Waals surface area contributed by atoms with Crippen molar-refractivity contribution >= 4 is 0 Å². The van der Waals surface area contributed by atoms with E-state index in [9.17, 15) is 0 Å². The van der Waals surface area contributed by atoms with Crippen LogP contribution in [0.3, 0.4) is 0 Å². The van der Waals surface area contributed by atoms with Crippen LogP contribution in [0.15, 0.2) is 12.7 Å². The van der Waals surface area contributed by atoms with E-state index < -0.39 is 0 Å². The smallest absolute Gasteiger partial charge is 0.00982 e. The van der Waals surface area contributed by atoms with Gasteiger partial charge in [0.15, 0.2) is 0 Å². The van der Waals surface area contributed by atoms with Crippen molar-refractivity contribution in [3.63, 3.8) is 0 Å². The van der Waals surface area contributed by atoms with Gasteiger partial charge in [0, 0.05) is 6.04 Å². The first-order chi connectivity index (χ1) is 8.85. The second-order valence-corrected chi connectivity index (χ2v) is 6.41.